The van der Waals surface area contributed by atoms with E-state index in [0.29, 0.717) is 11.8 Å². The summed E-state index contributed by atoms with van der Waals surface area (Å²) in [5.74, 6) is 0.776. The average Bonchev–Trinajstić information content (AvgIpc) is 2.72. The molecule has 0 aromatic rings. The molecular formula is C18H24Cl2. The molecule has 0 fully saturated rings. The summed E-state index contributed by atoms with van der Waals surface area (Å²) in [7, 11) is 0. The highest BCUT2D eigenvalue weighted by Gasteiger charge is 2.28. The zero-order chi connectivity index (χ0) is 15.2. The third-order valence-corrected chi connectivity index (χ3v) is 6.50. The fourth-order valence-corrected chi connectivity index (χ4v) is 4.07. The zero-order valence-corrected chi connectivity index (χ0v) is 14.8. The van der Waals surface area contributed by atoms with E-state index in [1.165, 1.54) is 33.4 Å². The van der Waals surface area contributed by atoms with Crippen molar-refractivity contribution in [3.05, 3.63) is 43.5 Å². The Bertz CT molecular complexity index is 518. The second kappa shape index (κ2) is 5.73. The van der Waals surface area contributed by atoms with Crippen LogP contribution in [0.15, 0.2) is 43.5 Å². The number of hydrogen-bond acceptors (Lipinski definition) is 0. The van der Waals surface area contributed by atoms with Gasteiger partial charge < -0.3 is 0 Å². The highest BCUT2D eigenvalue weighted by molar-refractivity contribution is 6.31. The van der Waals surface area contributed by atoms with Crippen LogP contribution in [0.3, 0.4) is 0 Å². The molecule has 110 valence electrons. The predicted molar refractivity (Wildman–Crippen MR) is 90.1 cm³/mol. The minimum absolute atomic E-state index is 0.388. The molecule has 0 spiro atoms. The summed E-state index contributed by atoms with van der Waals surface area (Å²) in [5.41, 5.74) is 8.32. The van der Waals surface area contributed by atoms with Crippen LogP contribution in [-0.2, 0) is 0 Å². The molecule has 0 aromatic carbocycles. The maximum Gasteiger partial charge on any atom is 0.0281 e. The molecule has 0 saturated carbocycles. The molecule has 2 atom stereocenters. The van der Waals surface area contributed by atoms with Crippen molar-refractivity contribution in [2.45, 2.75) is 54.4 Å². The average molecular weight is 311 g/mol. The lowest BCUT2D eigenvalue weighted by Gasteiger charge is -2.16. The van der Waals surface area contributed by atoms with E-state index in [1.54, 1.807) is 0 Å². The highest BCUT2D eigenvalue weighted by atomic mass is 35.5. The van der Waals surface area contributed by atoms with Crippen molar-refractivity contribution in [2.75, 3.05) is 0 Å². The molecule has 0 aromatic heterocycles. The Hall–Kier alpha value is -0.460. The largest absolute Gasteiger partial charge is 0.0882 e. The third-order valence-electron chi connectivity index (χ3n) is 5.27. The van der Waals surface area contributed by atoms with Crippen LogP contribution in [0.25, 0.3) is 0 Å². The van der Waals surface area contributed by atoms with Gasteiger partial charge in [-0.05, 0) is 62.8 Å². The van der Waals surface area contributed by atoms with Gasteiger partial charge in [-0.1, -0.05) is 48.2 Å². The van der Waals surface area contributed by atoms with Crippen molar-refractivity contribution >= 4 is 23.2 Å². The molecule has 2 aliphatic carbocycles. The van der Waals surface area contributed by atoms with E-state index < -0.39 is 0 Å². The van der Waals surface area contributed by atoms with Crippen LogP contribution >= 0.6 is 23.2 Å². The van der Waals surface area contributed by atoms with E-state index >= 15 is 0 Å². The SMILES string of the molecule is CC1=C(Cl)C(C)C(CCC2=C(C)C(C)=C(Cl)C2C)=C1C. The van der Waals surface area contributed by atoms with Crippen LogP contribution < -0.4 is 0 Å². The molecule has 0 nitrogen and oxygen atoms in total. The van der Waals surface area contributed by atoms with E-state index in [-0.39, 0.29) is 0 Å². The van der Waals surface area contributed by atoms with Gasteiger partial charge in [-0.2, -0.15) is 0 Å². The minimum atomic E-state index is 0.388. The van der Waals surface area contributed by atoms with Gasteiger partial charge >= 0.3 is 0 Å². The first-order valence-electron chi connectivity index (χ1n) is 7.39. The first-order chi connectivity index (χ1) is 9.27. The molecule has 2 rings (SSSR count). The Morgan fingerprint density at radius 3 is 1.15 bits per heavy atom. The molecular weight excluding hydrogens is 287 g/mol. The minimum Gasteiger partial charge on any atom is -0.0882 e. The fourth-order valence-electron chi connectivity index (χ4n) is 3.52. The van der Waals surface area contributed by atoms with Crippen molar-refractivity contribution < 1.29 is 0 Å². The zero-order valence-electron chi connectivity index (χ0n) is 13.3. The molecule has 0 N–H and O–H groups in total. The Morgan fingerprint density at radius 1 is 0.650 bits per heavy atom. The fraction of sp³-hybridized carbons (Fsp3) is 0.556. The van der Waals surface area contributed by atoms with Crippen molar-refractivity contribution in [1.29, 1.82) is 0 Å². The van der Waals surface area contributed by atoms with Gasteiger partial charge in [-0.3, -0.25) is 0 Å². The molecule has 0 aliphatic heterocycles. The maximum absolute atomic E-state index is 6.40. The summed E-state index contributed by atoms with van der Waals surface area (Å²) in [4.78, 5) is 0. The Balaban J connectivity index is 2.13. The standard InChI is InChI=1S/C18H24Cl2/c1-9-11(3)17(19)13(5)15(9)7-8-16-10(2)12(4)18(20)14(16)6/h13-14H,7-8H2,1-6H3. The number of allylic oxidation sites excluding steroid dienone is 8. The van der Waals surface area contributed by atoms with Crippen LogP contribution in [0.1, 0.15) is 54.4 Å². The highest BCUT2D eigenvalue weighted by Crippen LogP contribution is 2.45. The summed E-state index contributed by atoms with van der Waals surface area (Å²) >= 11 is 12.8. The third kappa shape index (κ3) is 2.42. The molecule has 0 radical (unpaired) electrons. The van der Waals surface area contributed by atoms with Crippen molar-refractivity contribution in [2.24, 2.45) is 11.8 Å². The van der Waals surface area contributed by atoms with Gasteiger partial charge in [-0.15, -0.1) is 0 Å². The lowest BCUT2D eigenvalue weighted by atomic mass is 9.91. The first kappa shape index (κ1) is 15.9. The van der Waals surface area contributed by atoms with Crippen LogP contribution in [0, 0.1) is 11.8 Å². The van der Waals surface area contributed by atoms with Crippen LogP contribution in [0.5, 0.6) is 0 Å². The van der Waals surface area contributed by atoms with Crippen LogP contribution in [0.2, 0.25) is 0 Å². The second-order valence-corrected chi connectivity index (χ2v) is 7.00. The van der Waals surface area contributed by atoms with Crippen LogP contribution in [-0.4, -0.2) is 0 Å². The normalized spacial score (nSPS) is 27.6. The monoisotopic (exact) mass is 310 g/mol. The van der Waals surface area contributed by atoms with E-state index in [2.05, 4.69) is 41.5 Å². The molecule has 0 saturated heterocycles. The molecule has 2 unspecified atom stereocenters. The Morgan fingerprint density at radius 2 is 0.950 bits per heavy atom. The first-order valence-corrected chi connectivity index (χ1v) is 8.15. The van der Waals surface area contributed by atoms with Gasteiger partial charge in [0.05, 0.1) is 0 Å². The Labute approximate surface area is 133 Å². The summed E-state index contributed by atoms with van der Waals surface area (Å²) in [5, 5.41) is 2.05. The van der Waals surface area contributed by atoms with Gasteiger partial charge in [0.1, 0.15) is 0 Å². The molecule has 0 heterocycles. The van der Waals surface area contributed by atoms with Crippen molar-refractivity contribution in [3.8, 4) is 0 Å². The second-order valence-electron chi connectivity index (χ2n) is 6.19. The number of halogens is 2. The summed E-state index contributed by atoms with van der Waals surface area (Å²) in [6.07, 6.45) is 2.18. The molecule has 2 heteroatoms. The van der Waals surface area contributed by atoms with Crippen LogP contribution in [0.4, 0.5) is 0 Å². The summed E-state index contributed by atoms with van der Waals surface area (Å²) in [6.45, 7) is 13.1. The summed E-state index contributed by atoms with van der Waals surface area (Å²) < 4.78 is 0. The lowest BCUT2D eigenvalue weighted by molar-refractivity contribution is 0.719. The molecule has 20 heavy (non-hydrogen) atoms. The molecule has 0 bridgehead atoms. The van der Waals surface area contributed by atoms with Gasteiger partial charge in [0.25, 0.3) is 0 Å². The van der Waals surface area contributed by atoms with Gasteiger partial charge in [0.15, 0.2) is 0 Å². The van der Waals surface area contributed by atoms with E-state index in [9.17, 15) is 0 Å². The van der Waals surface area contributed by atoms with Crippen molar-refractivity contribution in [3.63, 3.8) is 0 Å². The van der Waals surface area contributed by atoms with Gasteiger partial charge in [0, 0.05) is 21.9 Å². The summed E-state index contributed by atoms with van der Waals surface area (Å²) in [6, 6.07) is 0. The van der Waals surface area contributed by atoms with Gasteiger partial charge in [0.2, 0.25) is 0 Å². The molecule has 0 amide bonds. The predicted octanol–water partition coefficient (Wildman–Crippen LogP) is 6.72. The number of rotatable bonds is 3. The van der Waals surface area contributed by atoms with Gasteiger partial charge in [-0.25, -0.2) is 0 Å². The Kier molecular flexibility index (Phi) is 4.56. The number of hydrogen-bond donors (Lipinski definition) is 0. The lowest BCUT2D eigenvalue weighted by Crippen LogP contribution is -2.01. The smallest absolute Gasteiger partial charge is 0.0281 e. The van der Waals surface area contributed by atoms with E-state index in [1.807, 2.05) is 0 Å². The quantitative estimate of drug-likeness (QED) is 0.542. The topological polar surface area (TPSA) is 0 Å². The molecule has 2 aliphatic rings. The van der Waals surface area contributed by atoms with Crippen molar-refractivity contribution in [1.82, 2.24) is 0 Å². The van der Waals surface area contributed by atoms with E-state index in [0.717, 1.165) is 22.9 Å². The van der Waals surface area contributed by atoms with E-state index in [4.69, 9.17) is 23.2 Å². The maximum atomic E-state index is 6.40.